The Hall–Kier alpha value is -3.73. The maximum atomic E-state index is 13.5. The number of esters is 1. The number of benzene rings is 3. The fraction of sp³-hybridized carbons (Fsp3) is 0.222. The van der Waals surface area contributed by atoms with Crippen molar-refractivity contribution in [2.24, 2.45) is 5.92 Å². The van der Waals surface area contributed by atoms with Crippen LogP contribution < -0.4 is 0 Å². The molecule has 1 aliphatic carbocycles. The lowest BCUT2D eigenvalue weighted by atomic mass is 9.64. The van der Waals surface area contributed by atoms with Gasteiger partial charge in [0.05, 0.1) is 7.11 Å². The van der Waals surface area contributed by atoms with Gasteiger partial charge in [0.15, 0.2) is 0 Å². The SMILES string of the molecule is COC(=O)[C@H](Cc1ccccc1)N1C(=O)C(C(C)=O)C12c1ccccc1-c1ccccc12. The molecule has 1 fully saturated rings. The Balaban J connectivity index is 1.74. The number of carbonyl (C=O) groups excluding carboxylic acids is 3. The molecule has 1 saturated heterocycles. The molecular formula is C27H23NO4. The number of hydrogen-bond acceptors (Lipinski definition) is 4. The van der Waals surface area contributed by atoms with Gasteiger partial charge in [-0.25, -0.2) is 4.79 Å². The van der Waals surface area contributed by atoms with E-state index >= 15 is 0 Å². The summed E-state index contributed by atoms with van der Waals surface area (Å²) < 4.78 is 5.15. The summed E-state index contributed by atoms with van der Waals surface area (Å²) in [5, 5.41) is 0. The Kier molecular flexibility index (Phi) is 4.70. The Labute approximate surface area is 186 Å². The van der Waals surface area contributed by atoms with Crippen molar-refractivity contribution in [2.75, 3.05) is 7.11 Å². The highest BCUT2D eigenvalue weighted by atomic mass is 16.5. The maximum Gasteiger partial charge on any atom is 0.328 e. The smallest absolute Gasteiger partial charge is 0.328 e. The standard InChI is InChI=1S/C27H23NO4/c1-17(29)24-25(30)28(23(26(31)32-2)16-18-10-4-3-5-11-18)27(24)21-14-8-6-12-19(21)20-13-7-9-15-22(20)27/h3-15,23-24H,16H2,1-2H3/t23-,24?/m0/s1. The number of carbonyl (C=O) groups is 3. The Morgan fingerprint density at radius 2 is 1.44 bits per heavy atom. The molecule has 3 aromatic rings. The number of β-lactam (4-membered cyclic amide) rings is 1. The Morgan fingerprint density at radius 3 is 1.97 bits per heavy atom. The summed E-state index contributed by atoms with van der Waals surface area (Å²) in [7, 11) is 1.33. The monoisotopic (exact) mass is 425 g/mol. The number of hydrogen-bond donors (Lipinski definition) is 0. The van der Waals surface area contributed by atoms with Crippen LogP contribution in [0.4, 0.5) is 0 Å². The van der Waals surface area contributed by atoms with E-state index in [1.165, 1.54) is 14.0 Å². The van der Waals surface area contributed by atoms with Gasteiger partial charge >= 0.3 is 5.97 Å². The molecular weight excluding hydrogens is 402 g/mol. The quantitative estimate of drug-likeness (QED) is 0.355. The van der Waals surface area contributed by atoms with Crippen LogP contribution in [0.5, 0.6) is 0 Å². The van der Waals surface area contributed by atoms with Crippen LogP contribution in [0.1, 0.15) is 23.6 Å². The van der Waals surface area contributed by atoms with E-state index in [0.717, 1.165) is 27.8 Å². The highest BCUT2D eigenvalue weighted by molar-refractivity contribution is 6.11. The van der Waals surface area contributed by atoms with Crippen LogP contribution in [0.3, 0.4) is 0 Å². The van der Waals surface area contributed by atoms with Gasteiger partial charge in [0.25, 0.3) is 0 Å². The van der Waals surface area contributed by atoms with E-state index in [9.17, 15) is 14.4 Å². The summed E-state index contributed by atoms with van der Waals surface area (Å²) >= 11 is 0. The van der Waals surface area contributed by atoms with Crippen LogP contribution in [0.25, 0.3) is 11.1 Å². The topological polar surface area (TPSA) is 63.7 Å². The van der Waals surface area contributed by atoms with Gasteiger partial charge in [-0.15, -0.1) is 0 Å². The van der Waals surface area contributed by atoms with Gasteiger partial charge in [0.1, 0.15) is 23.3 Å². The van der Waals surface area contributed by atoms with E-state index in [4.69, 9.17) is 4.74 Å². The van der Waals surface area contributed by atoms with Gasteiger partial charge in [-0.1, -0.05) is 78.9 Å². The van der Waals surface area contributed by atoms with Crippen LogP contribution in [-0.2, 0) is 31.1 Å². The summed E-state index contributed by atoms with van der Waals surface area (Å²) in [5.74, 6) is -1.92. The molecule has 1 unspecified atom stereocenters. The molecule has 1 aliphatic heterocycles. The average Bonchev–Trinajstić information content (AvgIpc) is 3.11. The van der Waals surface area contributed by atoms with Crippen molar-refractivity contribution in [3.63, 3.8) is 0 Å². The van der Waals surface area contributed by atoms with Crippen molar-refractivity contribution < 1.29 is 19.1 Å². The van der Waals surface area contributed by atoms with Crippen molar-refractivity contribution in [3.05, 3.63) is 95.6 Å². The molecule has 0 saturated carbocycles. The molecule has 160 valence electrons. The van der Waals surface area contributed by atoms with Gasteiger partial charge in [0.2, 0.25) is 5.91 Å². The van der Waals surface area contributed by atoms with E-state index in [-0.39, 0.29) is 11.7 Å². The van der Waals surface area contributed by atoms with Crippen LogP contribution in [0, 0.1) is 5.92 Å². The fourth-order valence-corrected chi connectivity index (χ4v) is 5.50. The average molecular weight is 425 g/mol. The molecule has 0 radical (unpaired) electrons. The van der Waals surface area contributed by atoms with Crippen molar-refractivity contribution >= 4 is 17.7 Å². The summed E-state index contributed by atoms with van der Waals surface area (Å²) in [5.41, 5.74) is 3.61. The molecule has 0 bridgehead atoms. The second kappa shape index (κ2) is 7.45. The van der Waals surface area contributed by atoms with E-state index in [1.807, 2.05) is 78.9 Å². The minimum Gasteiger partial charge on any atom is -0.467 e. The summed E-state index contributed by atoms with van der Waals surface area (Å²) in [6, 6.07) is 24.3. The fourth-order valence-electron chi connectivity index (χ4n) is 5.50. The number of methoxy groups -OCH3 is 1. The first-order chi connectivity index (χ1) is 15.5. The molecule has 1 amide bonds. The molecule has 3 aromatic carbocycles. The molecule has 0 aromatic heterocycles. The molecule has 5 rings (SSSR count). The number of likely N-dealkylation sites (tertiary alicyclic amines) is 1. The van der Waals surface area contributed by atoms with Crippen molar-refractivity contribution in [1.82, 2.24) is 4.90 Å². The van der Waals surface area contributed by atoms with E-state index < -0.39 is 23.5 Å². The lowest BCUT2D eigenvalue weighted by Crippen LogP contribution is -2.74. The second-order valence-electron chi connectivity index (χ2n) is 8.34. The zero-order valence-electron chi connectivity index (χ0n) is 17.9. The first kappa shape index (κ1) is 20.2. The van der Waals surface area contributed by atoms with Crippen molar-refractivity contribution in [1.29, 1.82) is 0 Å². The lowest BCUT2D eigenvalue weighted by Gasteiger charge is -2.58. The third kappa shape index (κ3) is 2.60. The minimum atomic E-state index is -1.02. The van der Waals surface area contributed by atoms with Crippen molar-refractivity contribution in [3.8, 4) is 11.1 Å². The van der Waals surface area contributed by atoms with Gasteiger partial charge in [-0.2, -0.15) is 0 Å². The summed E-state index contributed by atoms with van der Waals surface area (Å²) in [4.78, 5) is 41.0. The van der Waals surface area contributed by atoms with Crippen molar-refractivity contribution in [2.45, 2.75) is 24.9 Å². The number of ether oxygens (including phenoxy) is 1. The first-order valence-corrected chi connectivity index (χ1v) is 10.7. The van der Waals surface area contributed by atoms with E-state index in [0.29, 0.717) is 6.42 Å². The highest BCUT2D eigenvalue weighted by Crippen LogP contribution is 2.61. The largest absolute Gasteiger partial charge is 0.467 e. The number of Topliss-reactive ketones (excluding diaryl/α,β-unsaturated/α-hetero) is 1. The third-order valence-electron chi connectivity index (χ3n) is 6.71. The van der Waals surface area contributed by atoms with Gasteiger partial charge in [-0.05, 0) is 34.7 Å². The first-order valence-electron chi connectivity index (χ1n) is 10.7. The molecule has 32 heavy (non-hydrogen) atoms. The van der Waals surface area contributed by atoms with Crippen LogP contribution in [-0.4, -0.2) is 35.7 Å². The molecule has 5 heteroatoms. The van der Waals surface area contributed by atoms with Crippen LogP contribution >= 0.6 is 0 Å². The van der Waals surface area contributed by atoms with E-state index in [2.05, 4.69) is 0 Å². The van der Waals surface area contributed by atoms with Gasteiger partial charge < -0.3 is 9.64 Å². The maximum absolute atomic E-state index is 13.5. The summed E-state index contributed by atoms with van der Waals surface area (Å²) in [6.45, 7) is 1.45. The normalized spacial score (nSPS) is 18.5. The van der Waals surface area contributed by atoms with Crippen LogP contribution in [0.2, 0.25) is 0 Å². The molecule has 0 N–H and O–H groups in total. The van der Waals surface area contributed by atoms with Crippen LogP contribution in [0.15, 0.2) is 78.9 Å². The second-order valence-corrected chi connectivity index (χ2v) is 8.34. The number of fused-ring (bicyclic) bond motifs is 5. The summed E-state index contributed by atoms with van der Waals surface area (Å²) in [6.07, 6.45) is 0.302. The number of amides is 1. The molecule has 1 spiro atoms. The lowest BCUT2D eigenvalue weighted by molar-refractivity contribution is -0.183. The molecule has 2 atom stereocenters. The zero-order chi connectivity index (χ0) is 22.5. The predicted molar refractivity (Wildman–Crippen MR) is 120 cm³/mol. The minimum absolute atomic E-state index is 0.207. The number of rotatable bonds is 5. The van der Waals surface area contributed by atoms with E-state index in [1.54, 1.807) is 4.90 Å². The third-order valence-corrected chi connectivity index (χ3v) is 6.71. The molecule has 2 aliphatic rings. The molecule has 1 heterocycles. The number of ketones is 1. The Bertz CT molecular complexity index is 1190. The Morgan fingerprint density at radius 1 is 0.906 bits per heavy atom. The van der Waals surface area contributed by atoms with Gasteiger partial charge in [-0.3, -0.25) is 9.59 Å². The van der Waals surface area contributed by atoms with Gasteiger partial charge in [0, 0.05) is 6.42 Å². The predicted octanol–water partition coefficient (Wildman–Crippen LogP) is 3.74. The number of nitrogens with zero attached hydrogens (tertiary/aromatic N) is 1. The zero-order valence-corrected chi connectivity index (χ0v) is 17.9. The molecule has 5 nitrogen and oxygen atoms in total. The highest BCUT2D eigenvalue weighted by Gasteiger charge is 2.69.